The van der Waals surface area contributed by atoms with Crippen molar-refractivity contribution in [2.45, 2.75) is 58.3 Å². The molecule has 0 atom stereocenters. The summed E-state index contributed by atoms with van der Waals surface area (Å²) in [5.74, 6) is 0.482. The molecule has 108 valence electrons. The molecule has 0 radical (unpaired) electrons. The zero-order valence-electron chi connectivity index (χ0n) is 11.8. The lowest BCUT2D eigenvalue weighted by Crippen LogP contribution is -1.98. The van der Waals surface area contributed by atoms with Crippen molar-refractivity contribution in [2.75, 3.05) is 6.61 Å². The fourth-order valence-corrected chi connectivity index (χ4v) is 2.48. The average Bonchev–Trinajstić information content (AvgIpc) is 2.39. The lowest BCUT2D eigenvalue weighted by Gasteiger charge is -2.08. The van der Waals surface area contributed by atoms with Crippen molar-refractivity contribution in [3.8, 4) is 5.75 Å². The molecule has 1 rings (SSSR count). The van der Waals surface area contributed by atoms with Gasteiger partial charge in [-0.2, -0.15) is 0 Å². The second-order valence-electron chi connectivity index (χ2n) is 4.90. The minimum Gasteiger partial charge on any atom is -0.492 e. The van der Waals surface area contributed by atoms with Crippen LogP contribution < -0.4 is 4.74 Å². The van der Waals surface area contributed by atoms with E-state index in [0.29, 0.717) is 11.1 Å². The Morgan fingerprint density at radius 3 is 2.26 bits per heavy atom. The molecule has 0 aromatic heterocycles. The van der Waals surface area contributed by atoms with Gasteiger partial charge in [0.05, 0.1) is 11.1 Å². The first-order valence-corrected chi connectivity index (χ1v) is 8.11. The highest BCUT2D eigenvalue weighted by Crippen LogP contribution is 2.25. The van der Waals surface area contributed by atoms with Crippen molar-refractivity contribution in [1.29, 1.82) is 0 Å². The van der Waals surface area contributed by atoms with Gasteiger partial charge < -0.3 is 4.74 Å². The summed E-state index contributed by atoms with van der Waals surface area (Å²) in [5, 5.41) is 0. The Hall–Kier alpha value is -0.570. The fraction of sp³-hybridized carbons (Fsp3) is 0.625. The smallest absolute Gasteiger partial charge is 0.133 e. The largest absolute Gasteiger partial charge is 0.492 e. The van der Waals surface area contributed by atoms with Crippen LogP contribution in [0.5, 0.6) is 5.75 Å². The first-order chi connectivity index (χ1) is 9.24. The summed E-state index contributed by atoms with van der Waals surface area (Å²) >= 11 is 3.30. The van der Waals surface area contributed by atoms with Gasteiger partial charge in [-0.05, 0) is 40.5 Å². The summed E-state index contributed by atoms with van der Waals surface area (Å²) in [7, 11) is 0. The molecule has 3 heteroatoms. The summed E-state index contributed by atoms with van der Waals surface area (Å²) in [6.07, 6.45) is 10.3. The Kier molecular flexibility index (Phi) is 8.89. The summed E-state index contributed by atoms with van der Waals surface area (Å²) in [6, 6.07) is 4.53. The molecule has 1 aromatic rings. The van der Waals surface area contributed by atoms with Gasteiger partial charge in [0.15, 0.2) is 0 Å². The molecule has 0 amide bonds. The van der Waals surface area contributed by atoms with Crippen LogP contribution >= 0.6 is 15.9 Å². The van der Waals surface area contributed by atoms with E-state index in [2.05, 4.69) is 22.9 Å². The van der Waals surface area contributed by atoms with Crippen molar-refractivity contribution in [3.63, 3.8) is 0 Å². The van der Waals surface area contributed by atoms with Gasteiger partial charge in [-0.3, -0.25) is 0 Å². The van der Waals surface area contributed by atoms with Gasteiger partial charge in [-0.1, -0.05) is 51.9 Å². The standard InChI is InChI=1S/C16H24BrFO/c1-2-3-4-5-6-7-8-9-12-19-16-11-10-14(18)13-15(16)17/h10-11,13H,2-9,12H2,1H3. The van der Waals surface area contributed by atoms with Crippen LogP contribution in [-0.4, -0.2) is 6.61 Å². The summed E-state index contributed by atoms with van der Waals surface area (Å²) < 4.78 is 19.2. The molecule has 0 aliphatic rings. The van der Waals surface area contributed by atoms with Crippen LogP contribution in [0.25, 0.3) is 0 Å². The molecule has 0 N–H and O–H groups in total. The second kappa shape index (κ2) is 10.2. The molecule has 0 aliphatic heterocycles. The number of hydrogen-bond acceptors (Lipinski definition) is 1. The number of ether oxygens (including phenoxy) is 1. The highest BCUT2D eigenvalue weighted by Gasteiger charge is 2.02. The van der Waals surface area contributed by atoms with E-state index in [1.165, 1.54) is 57.1 Å². The van der Waals surface area contributed by atoms with E-state index in [9.17, 15) is 4.39 Å². The molecule has 0 spiro atoms. The Morgan fingerprint density at radius 2 is 1.63 bits per heavy atom. The van der Waals surface area contributed by atoms with Crippen molar-refractivity contribution < 1.29 is 9.13 Å². The number of unbranched alkanes of at least 4 members (excludes halogenated alkanes) is 7. The summed E-state index contributed by atoms with van der Waals surface area (Å²) in [5.41, 5.74) is 0. The number of rotatable bonds is 10. The normalized spacial score (nSPS) is 10.7. The van der Waals surface area contributed by atoms with Crippen LogP contribution in [0.1, 0.15) is 58.3 Å². The van der Waals surface area contributed by atoms with E-state index in [1.54, 1.807) is 6.07 Å². The quantitative estimate of drug-likeness (QED) is 0.470. The molecular formula is C16H24BrFO. The second-order valence-corrected chi connectivity index (χ2v) is 5.75. The van der Waals surface area contributed by atoms with E-state index in [4.69, 9.17) is 4.74 Å². The van der Waals surface area contributed by atoms with Gasteiger partial charge in [-0.15, -0.1) is 0 Å². The highest BCUT2D eigenvalue weighted by molar-refractivity contribution is 9.10. The molecule has 0 bridgehead atoms. The predicted molar refractivity (Wildman–Crippen MR) is 82.2 cm³/mol. The van der Waals surface area contributed by atoms with Crippen LogP contribution in [0.15, 0.2) is 22.7 Å². The Morgan fingerprint density at radius 1 is 1.00 bits per heavy atom. The molecule has 19 heavy (non-hydrogen) atoms. The summed E-state index contributed by atoms with van der Waals surface area (Å²) in [4.78, 5) is 0. The van der Waals surface area contributed by atoms with Gasteiger partial charge in [-0.25, -0.2) is 4.39 Å². The molecule has 1 nitrogen and oxygen atoms in total. The van der Waals surface area contributed by atoms with Gasteiger partial charge in [0, 0.05) is 0 Å². The van der Waals surface area contributed by atoms with E-state index < -0.39 is 0 Å². The van der Waals surface area contributed by atoms with Crippen LogP contribution in [0.4, 0.5) is 4.39 Å². The van der Waals surface area contributed by atoms with Crippen LogP contribution in [-0.2, 0) is 0 Å². The van der Waals surface area contributed by atoms with Gasteiger partial charge in [0.1, 0.15) is 11.6 Å². The minimum absolute atomic E-state index is 0.244. The molecule has 0 saturated heterocycles. The van der Waals surface area contributed by atoms with Gasteiger partial charge in [0.25, 0.3) is 0 Å². The maximum atomic E-state index is 12.9. The minimum atomic E-state index is -0.244. The van der Waals surface area contributed by atoms with E-state index in [-0.39, 0.29) is 5.82 Å². The van der Waals surface area contributed by atoms with Gasteiger partial charge >= 0.3 is 0 Å². The van der Waals surface area contributed by atoms with E-state index >= 15 is 0 Å². The molecule has 0 unspecified atom stereocenters. The topological polar surface area (TPSA) is 9.23 Å². The van der Waals surface area contributed by atoms with E-state index in [1.807, 2.05) is 0 Å². The van der Waals surface area contributed by atoms with Gasteiger partial charge in [0.2, 0.25) is 0 Å². The van der Waals surface area contributed by atoms with Crippen molar-refractivity contribution in [2.24, 2.45) is 0 Å². The first kappa shape index (κ1) is 16.5. The Labute approximate surface area is 124 Å². The third kappa shape index (κ3) is 7.56. The third-order valence-corrected chi connectivity index (χ3v) is 3.77. The average molecular weight is 331 g/mol. The van der Waals surface area contributed by atoms with Crippen molar-refractivity contribution >= 4 is 15.9 Å². The highest BCUT2D eigenvalue weighted by atomic mass is 79.9. The number of hydrogen-bond donors (Lipinski definition) is 0. The SMILES string of the molecule is CCCCCCCCCCOc1ccc(F)cc1Br. The van der Waals surface area contributed by atoms with Crippen LogP contribution in [0.3, 0.4) is 0 Å². The molecule has 0 saturated carbocycles. The summed E-state index contributed by atoms with van der Waals surface area (Å²) in [6.45, 7) is 2.95. The zero-order valence-corrected chi connectivity index (χ0v) is 13.3. The van der Waals surface area contributed by atoms with E-state index in [0.717, 1.165) is 12.2 Å². The zero-order chi connectivity index (χ0) is 13.9. The molecule has 1 aromatic carbocycles. The predicted octanol–water partition coefficient (Wildman–Crippen LogP) is 6.11. The number of halogens is 2. The first-order valence-electron chi connectivity index (χ1n) is 7.32. The molecule has 0 fully saturated rings. The van der Waals surface area contributed by atoms with Crippen molar-refractivity contribution in [3.05, 3.63) is 28.5 Å². The van der Waals surface area contributed by atoms with Crippen molar-refractivity contribution in [1.82, 2.24) is 0 Å². The maximum absolute atomic E-state index is 12.9. The fourth-order valence-electron chi connectivity index (χ4n) is 2.01. The third-order valence-electron chi connectivity index (χ3n) is 3.15. The lowest BCUT2D eigenvalue weighted by molar-refractivity contribution is 0.302. The molecular weight excluding hydrogens is 307 g/mol. The Bertz CT molecular complexity index is 355. The van der Waals surface area contributed by atoms with Crippen LogP contribution in [0, 0.1) is 5.82 Å². The lowest BCUT2D eigenvalue weighted by atomic mass is 10.1. The molecule has 0 aliphatic carbocycles. The van der Waals surface area contributed by atoms with Crippen LogP contribution in [0.2, 0.25) is 0 Å². The monoisotopic (exact) mass is 330 g/mol. The maximum Gasteiger partial charge on any atom is 0.133 e. The molecule has 0 heterocycles. The Balaban J connectivity index is 2.01. The number of benzene rings is 1.